The molecule has 0 spiro atoms. The first-order chi connectivity index (χ1) is 11.6. The summed E-state index contributed by atoms with van der Waals surface area (Å²) in [5.41, 5.74) is 0. The lowest BCUT2D eigenvalue weighted by atomic mass is 10.1. The van der Waals surface area contributed by atoms with Crippen LogP contribution in [0.2, 0.25) is 5.02 Å². The van der Waals surface area contributed by atoms with E-state index < -0.39 is 12.1 Å². The maximum absolute atomic E-state index is 11.4. The zero-order chi connectivity index (χ0) is 17.5. The number of hydrogen-bond acceptors (Lipinski definition) is 5. The molecule has 1 unspecified atom stereocenters. The minimum Gasteiger partial charge on any atom is -0.496 e. The van der Waals surface area contributed by atoms with Crippen molar-refractivity contribution in [3.8, 4) is 11.5 Å². The van der Waals surface area contributed by atoms with E-state index in [1.54, 1.807) is 13.2 Å². The van der Waals surface area contributed by atoms with Crippen molar-refractivity contribution in [3.63, 3.8) is 0 Å². The molecule has 24 heavy (non-hydrogen) atoms. The number of rotatable bonds is 8. The average molecular weight is 351 g/mol. The van der Waals surface area contributed by atoms with Gasteiger partial charge in [0.2, 0.25) is 0 Å². The molecule has 0 aromatic heterocycles. The number of carbonyl (C=O) groups excluding carboxylic acids is 1. The van der Waals surface area contributed by atoms with Gasteiger partial charge in [-0.05, 0) is 0 Å². The predicted molar refractivity (Wildman–Crippen MR) is 93.0 cm³/mol. The molecule has 0 bridgehead atoms. The number of ether oxygens (including phenoxy) is 4. The third-order valence-electron chi connectivity index (χ3n) is 3.35. The summed E-state index contributed by atoms with van der Waals surface area (Å²) >= 11 is 6.32. The van der Waals surface area contributed by atoms with Crippen LogP contribution in [0, 0.1) is 0 Å². The summed E-state index contributed by atoms with van der Waals surface area (Å²) in [4.78, 5) is 11.4. The molecule has 2 aromatic rings. The normalized spacial score (nSPS) is 11.8. The molecule has 0 N–H and O–H groups in total. The molecule has 0 heterocycles. The number of benzene rings is 2. The number of methoxy groups -OCH3 is 2. The quantitative estimate of drug-likeness (QED) is 0.537. The Hall–Kier alpha value is -2.24. The molecule has 0 aliphatic rings. The van der Waals surface area contributed by atoms with Crippen LogP contribution in [0.1, 0.15) is 0 Å². The minimum absolute atomic E-state index is 0.101. The molecule has 2 rings (SSSR count). The smallest absolute Gasteiger partial charge is 0.330 e. The first-order valence-corrected chi connectivity index (χ1v) is 7.68. The van der Waals surface area contributed by atoms with Crippen LogP contribution in [0.3, 0.4) is 0 Å². The molecular weight excluding hydrogens is 332 g/mol. The highest BCUT2D eigenvalue weighted by molar-refractivity contribution is 6.33. The summed E-state index contributed by atoms with van der Waals surface area (Å²) in [6.45, 7) is 3.68. The molecule has 0 amide bonds. The van der Waals surface area contributed by atoms with Gasteiger partial charge >= 0.3 is 5.97 Å². The van der Waals surface area contributed by atoms with E-state index in [-0.39, 0.29) is 13.2 Å². The lowest BCUT2D eigenvalue weighted by Crippen LogP contribution is -2.28. The fraction of sp³-hybridized carbons (Fsp3) is 0.278. The highest BCUT2D eigenvalue weighted by atomic mass is 35.5. The second-order valence-corrected chi connectivity index (χ2v) is 5.37. The van der Waals surface area contributed by atoms with Gasteiger partial charge in [-0.2, -0.15) is 0 Å². The van der Waals surface area contributed by atoms with E-state index in [0.717, 1.165) is 16.8 Å². The van der Waals surface area contributed by atoms with Gasteiger partial charge in [-0.3, -0.25) is 0 Å². The van der Waals surface area contributed by atoms with Gasteiger partial charge in [-0.1, -0.05) is 42.4 Å². The lowest BCUT2D eigenvalue weighted by molar-refractivity contribution is -0.147. The Morgan fingerprint density at radius 3 is 2.58 bits per heavy atom. The molecule has 0 radical (unpaired) electrons. The molecule has 0 aliphatic carbocycles. The fourth-order valence-electron chi connectivity index (χ4n) is 2.29. The molecule has 0 saturated heterocycles. The summed E-state index contributed by atoms with van der Waals surface area (Å²) in [5, 5.41) is 2.11. The van der Waals surface area contributed by atoms with Crippen molar-refractivity contribution >= 4 is 28.3 Å². The second-order valence-electron chi connectivity index (χ2n) is 4.96. The molecule has 2 aromatic carbocycles. The highest BCUT2D eigenvalue weighted by Crippen LogP contribution is 2.39. The maximum Gasteiger partial charge on any atom is 0.330 e. The van der Waals surface area contributed by atoms with Crippen LogP contribution in [-0.4, -0.2) is 39.5 Å². The van der Waals surface area contributed by atoms with Crippen molar-refractivity contribution in [1.82, 2.24) is 0 Å². The predicted octanol–water partition coefficient (Wildman–Crippen LogP) is 3.62. The van der Waals surface area contributed by atoms with Gasteiger partial charge in [0.15, 0.2) is 6.10 Å². The average Bonchev–Trinajstić information content (AvgIpc) is 2.60. The van der Waals surface area contributed by atoms with E-state index in [1.807, 2.05) is 24.3 Å². The number of halogens is 1. The van der Waals surface area contributed by atoms with Crippen LogP contribution in [0.15, 0.2) is 43.0 Å². The number of hydrogen-bond donors (Lipinski definition) is 0. The first kappa shape index (κ1) is 18.1. The fourth-order valence-corrected chi connectivity index (χ4v) is 2.54. The van der Waals surface area contributed by atoms with Crippen LogP contribution >= 0.6 is 11.6 Å². The Morgan fingerprint density at radius 2 is 1.96 bits per heavy atom. The summed E-state index contributed by atoms with van der Waals surface area (Å²) < 4.78 is 21.4. The van der Waals surface area contributed by atoms with Gasteiger partial charge in [0.25, 0.3) is 0 Å². The van der Waals surface area contributed by atoms with Crippen LogP contribution in [0.25, 0.3) is 10.8 Å². The van der Waals surface area contributed by atoms with Crippen LogP contribution in [-0.2, 0) is 14.3 Å². The van der Waals surface area contributed by atoms with Gasteiger partial charge in [-0.15, -0.1) is 0 Å². The van der Waals surface area contributed by atoms with Crippen LogP contribution in [0.5, 0.6) is 11.5 Å². The molecule has 128 valence electrons. The zero-order valence-electron chi connectivity index (χ0n) is 13.6. The maximum atomic E-state index is 11.4. The van der Waals surface area contributed by atoms with E-state index in [0.29, 0.717) is 16.5 Å². The lowest BCUT2D eigenvalue weighted by Gasteiger charge is -2.19. The Kier molecular flexibility index (Phi) is 6.46. The largest absolute Gasteiger partial charge is 0.496 e. The molecule has 0 saturated carbocycles. The van der Waals surface area contributed by atoms with Crippen LogP contribution < -0.4 is 9.47 Å². The number of esters is 1. The van der Waals surface area contributed by atoms with Gasteiger partial charge in [0, 0.05) is 30.0 Å². The third kappa shape index (κ3) is 4.19. The van der Waals surface area contributed by atoms with Gasteiger partial charge in [0.05, 0.1) is 18.7 Å². The SMILES string of the molecule is C=CC(=O)OC(COC)COc1c(Cl)cc(OC)c2ccccc12. The summed E-state index contributed by atoms with van der Waals surface area (Å²) in [6, 6.07) is 9.29. The van der Waals surface area contributed by atoms with Gasteiger partial charge < -0.3 is 18.9 Å². The first-order valence-electron chi connectivity index (χ1n) is 7.30. The summed E-state index contributed by atoms with van der Waals surface area (Å²) in [5.74, 6) is 0.629. The van der Waals surface area contributed by atoms with Gasteiger partial charge in [-0.25, -0.2) is 4.79 Å². The number of carbonyl (C=O) groups is 1. The zero-order valence-corrected chi connectivity index (χ0v) is 14.3. The van der Waals surface area contributed by atoms with Crippen molar-refractivity contribution in [2.75, 3.05) is 27.4 Å². The monoisotopic (exact) mass is 350 g/mol. The standard InChI is InChI=1S/C18H19ClO5/c1-4-17(20)24-12(10-21-2)11-23-18-14-8-6-5-7-13(14)16(22-3)9-15(18)19/h4-9,12H,1,10-11H2,2-3H3. The molecule has 0 fully saturated rings. The molecule has 1 atom stereocenters. The Morgan fingerprint density at radius 1 is 1.25 bits per heavy atom. The Balaban J connectivity index is 2.27. The van der Waals surface area contributed by atoms with Crippen LogP contribution in [0.4, 0.5) is 0 Å². The second kappa shape index (κ2) is 8.57. The van der Waals surface area contributed by atoms with E-state index in [4.69, 9.17) is 30.5 Å². The van der Waals surface area contributed by atoms with Crippen molar-refractivity contribution in [2.45, 2.75) is 6.10 Å². The van der Waals surface area contributed by atoms with E-state index in [1.165, 1.54) is 7.11 Å². The van der Waals surface area contributed by atoms with E-state index >= 15 is 0 Å². The highest BCUT2D eigenvalue weighted by Gasteiger charge is 2.17. The molecular formula is C18H19ClO5. The molecule has 5 nitrogen and oxygen atoms in total. The van der Waals surface area contributed by atoms with Gasteiger partial charge in [0.1, 0.15) is 18.1 Å². The Bertz CT molecular complexity index is 729. The Labute approximate surface area is 145 Å². The van der Waals surface area contributed by atoms with Crippen molar-refractivity contribution in [3.05, 3.63) is 48.0 Å². The molecule has 0 aliphatic heterocycles. The van der Waals surface area contributed by atoms with E-state index in [2.05, 4.69) is 6.58 Å². The number of fused-ring (bicyclic) bond motifs is 1. The summed E-state index contributed by atoms with van der Waals surface area (Å²) in [7, 11) is 3.10. The third-order valence-corrected chi connectivity index (χ3v) is 3.63. The van der Waals surface area contributed by atoms with Crippen molar-refractivity contribution in [2.24, 2.45) is 0 Å². The minimum atomic E-state index is -0.572. The van der Waals surface area contributed by atoms with Crippen molar-refractivity contribution in [1.29, 1.82) is 0 Å². The summed E-state index contributed by atoms with van der Waals surface area (Å²) in [6.07, 6.45) is 0.524. The van der Waals surface area contributed by atoms with E-state index in [9.17, 15) is 4.79 Å². The topological polar surface area (TPSA) is 54.0 Å². The van der Waals surface area contributed by atoms with Crippen molar-refractivity contribution < 1.29 is 23.7 Å². The molecule has 6 heteroatoms.